The Bertz CT molecular complexity index is 977. The Balaban J connectivity index is 1.43. The molecule has 140 valence electrons. The van der Waals surface area contributed by atoms with Gasteiger partial charge < -0.3 is 9.80 Å². The minimum Gasteiger partial charge on any atom is -0.367 e. The van der Waals surface area contributed by atoms with Crippen molar-refractivity contribution in [3.05, 3.63) is 46.1 Å². The molecule has 27 heavy (non-hydrogen) atoms. The van der Waals surface area contributed by atoms with E-state index in [0.29, 0.717) is 0 Å². The molecule has 0 bridgehead atoms. The third-order valence-electron chi connectivity index (χ3n) is 5.84. The predicted molar refractivity (Wildman–Crippen MR) is 114 cm³/mol. The summed E-state index contributed by atoms with van der Waals surface area (Å²) in [6.07, 6.45) is 5.36. The van der Waals surface area contributed by atoms with Crippen molar-refractivity contribution < 1.29 is 0 Å². The van der Waals surface area contributed by atoms with Crippen LogP contribution in [0, 0.1) is 5.92 Å². The van der Waals surface area contributed by atoms with E-state index < -0.39 is 0 Å². The summed E-state index contributed by atoms with van der Waals surface area (Å²) < 4.78 is 0. The van der Waals surface area contributed by atoms with Gasteiger partial charge in [0.25, 0.3) is 0 Å². The summed E-state index contributed by atoms with van der Waals surface area (Å²) in [7, 11) is 0. The van der Waals surface area contributed by atoms with E-state index >= 15 is 0 Å². The molecule has 0 unspecified atom stereocenters. The number of benzene rings is 1. The molecule has 0 radical (unpaired) electrons. The van der Waals surface area contributed by atoms with Crippen LogP contribution < -0.4 is 9.80 Å². The molecule has 3 aromatic rings. The number of para-hydroxylation sites is 1. The number of rotatable bonds is 2. The van der Waals surface area contributed by atoms with Crippen molar-refractivity contribution >= 4 is 44.7 Å². The molecule has 1 fully saturated rings. The van der Waals surface area contributed by atoms with Crippen molar-refractivity contribution in [2.24, 2.45) is 5.92 Å². The molecular formula is C21H23ClN4S. The van der Waals surface area contributed by atoms with Gasteiger partial charge in [0.2, 0.25) is 0 Å². The highest BCUT2D eigenvalue weighted by Crippen LogP contribution is 2.40. The molecule has 0 saturated carbocycles. The van der Waals surface area contributed by atoms with E-state index in [1.165, 1.54) is 28.7 Å². The lowest BCUT2D eigenvalue weighted by molar-refractivity contribution is 0.509. The second-order valence-electron chi connectivity index (χ2n) is 7.65. The van der Waals surface area contributed by atoms with Crippen LogP contribution >= 0.6 is 22.9 Å². The lowest BCUT2D eigenvalue weighted by Gasteiger charge is -2.37. The Hall–Kier alpha value is -1.85. The van der Waals surface area contributed by atoms with E-state index in [1.807, 2.05) is 23.5 Å². The van der Waals surface area contributed by atoms with Crippen LogP contribution in [0.3, 0.4) is 0 Å². The van der Waals surface area contributed by atoms with Crippen molar-refractivity contribution in [2.45, 2.75) is 26.2 Å². The van der Waals surface area contributed by atoms with Gasteiger partial charge >= 0.3 is 0 Å². The van der Waals surface area contributed by atoms with Crippen LogP contribution in [0.25, 0.3) is 10.2 Å². The zero-order chi connectivity index (χ0) is 18.4. The van der Waals surface area contributed by atoms with Gasteiger partial charge in [0.15, 0.2) is 0 Å². The molecule has 6 heteroatoms. The smallest absolute Gasteiger partial charge is 0.141 e. The lowest BCUT2D eigenvalue weighted by Crippen LogP contribution is -2.47. The Morgan fingerprint density at radius 2 is 1.85 bits per heavy atom. The van der Waals surface area contributed by atoms with Crippen molar-refractivity contribution in [3.63, 3.8) is 0 Å². The molecule has 3 heterocycles. The number of halogens is 1. The summed E-state index contributed by atoms with van der Waals surface area (Å²) in [5, 5.41) is 2.15. The van der Waals surface area contributed by atoms with Crippen LogP contribution in [0.2, 0.25) is 5.02 Å². The maximum Gasteiger partial charge on any atom is 0.141 e. The van der Waals surface area contributed by atoms with E-state index in [4.69, 9.17) is 16.6 Å². The fourth-order valence-electron chi connectivity index (χ4n) is 4.37. The largest absolute Gasteiger partial charge is 0.367 e. The van der Waals surface area contributed by atoms with Crippen LogP contribution in [0.1, 0.15) is 23.8 Å². The molecule has 0 N–H and O–H groups in total. The van der Waals surface area contributed by atoms with Crippen molar-refractivity contribution in [1.29, 1.82) is 0 Å². The summed E-state index contributed by atoms with van der Waals surface area (Å²) in [6, 6.07) is 8.12. The summed E-state index contributed by atoms with van der Waals surface area (Å²) in [5.74, 6) is 1.91. The van der Waals surface area contributed by atoms with Gasteiger partial charge in [0, 0.05) is 31.1 Å². The summed E-state index contributed by atoms with van der Waals surface area (Å²) >= 11 is 8.27. The first-order chi connectivity index (χ1) is 13.2. The Morgan fingerprint density at radius 1 is 1.07 bits per heavy atom. The number of aromatic nitrogens is 2. The van der Waals surface area contributed by atoms with Crippen molar-refractivity contribution in [3.8, 4) is 0 Å². The zero-order valence-corrected chi connectivity index (χ0v) is 17.1. The average Bonchev–Trinajstić information content (AvgIpc) is 3.06. The van der Waals surface area contributed by atoms with Gasteiger partial charge in [-0.25, -0.2) is 9.97 Å². The maximum atomic E-state index is 6.39. The maximum absolute atomic E-state index is 6.39. The number of aryl methyl sites for hydroxylation is 1. The molecular weight excluding hydrogens is 376 g/mol. The molecule has 4 nitrogen and oxygen atoms in total. The number of anilines is 2. The SMILES string of the molecule is C[C@@H]1CCc2c(sc3ncnc(N4CCN(c5ccccc5Cl)CC4)c23)C1. The number of nitrogens with zero attached hydrogens (tertiary/aromatic N) is 4. The molecule has 1 aromatic carbocycles. The first-order valence-corrected chi connectivity index (χ1v) is 10.9. The van der Waals surface area contributed by atoms with Gasteiger partial charge in [-0.3, -0.25) is 0 Å². The number of hydrogen-bond acceptors (Lipinski definition) is 5. The normalized spacial score (nSPS) is 20.1. The van der Waals surface area contributed by atoms with Crippen LogP contribution in [-0.2, 0) is 12.8 Å². The van der Waals surface area contributed by atoms with E-state index in [2.05, 4.69) is 33.8 Å². The Labute approximate surface area is 168 Å². The lowest BCUT2D eigenvalue weighted by atomic mass is 9.89. The van der Waals surface area contributed by atoms with Gasteiger partial charge in [-0.2, -0.15) is 0 Å². The number of hydrogen-bond donors (Lipinski definition) is 0. The zero-order valence-electron chi connectivity index (χ0n) is 15.5. The molecule has 2 aromatic heterocycles. The quantitative estimate of drug-likeness (QED) is 0.620. The number of thiophene rings is 1. The van der Waals surface area contributed by atoms with Gasteiger partial charge in [-0.05, 0) is 42.9 Å². The molecule has 2 aliphatic rings. The molecule has 0 spiro atoms. The average molecular weight is 399 g/mol. The highest BCUT2D eigenvalue weighted by Gasteiger charge is 2.26. The van der Waals surface area contributed by atoms with Crippen LogP contribution in [0.4, 0.5) is 11.5 Å². The molecule has 5 rings (SSSR count). The fraction of sp³-hybridized carbons (Fsp3) is 0.429. The van der Waals surface area contributed by atoms with Gasteiger partial charge in [0.1, 0.15) is 17.0 Å². The molecule has 1 aliphatic heterocycles. The first-order valence-electron chi connectivity index (χ1n) is 9.70. The summed E-state index contributed by atoms with van der Waals surface area (Å²) in [6.45, 7) is 6.18. The highest BCUT2D eigenvalue weighted by atomic mass is 35.5. The van der Waals surface area contributed by atoms with Crippen LogP contribution in [0.5, 0.6) is 0 Å². The minimum absolute atomic E-state index is 0.779. The standard InChI is InChI=1S/C21H23ClN4S/c1-14-6-7-15-18(12-14)27-21-19(15)20(23-13-24-21)26-10-8-25(9-11-26)17-5-3-2-4-16(17)22/h2-5,13-14H,6-12H2,1H3/t14-/m1/s1. The second kappa shape index (κ2) is 6.95. The molecule has 1 saturated heterocycles. The third kappa shape index (κ3) is 3.07. The van der Waals surface area contributed by atoms with E-state index in [-0.39, 0.29) is 0 Å². The fourth-order valence-corrected chi connectivity index (χ4v) is 5.97. The monoisotopic (exact) mass is 398 g/mol. The van der Waals surface area contributed by atoms with Crippen molar-refractivity contribution in [1.82, 2.24) is 9.97 Å². The number of piperazine rings is 1. The van der Waals surface area contributed by atoms with E-state index in [1.54, 1.807) is 6.33 Å². The van der Waals surface area contributed by atoms with Gasteiger partial charge in [0.05, 0.1) is 16.1 Å². The summed E-state index contributed by atoms with van der Waals surface area (Å²) in [5.41, 5.74) is 2.64. The van der Waals surface area contributed by atoms with Gasteiger partial charge in [-0.15, -0.1) is 11.3 Å². The van der Waals surface area contributed by atoms with Crippen molar-refractivity contribution in [2.75, 3.05) is 36.0 Å². The molecule has 1 aliphatic carbocycles. The summed E-state index contributed by atoms with van der Waals surface area (Å²) in [4.78, 5) is 16.8. The molecule has 1 atom stereocenters. The van der Waals surface area contributed by atoms with Crippen LogP contribution in [0.15, 0.2) is 30.6 Å². The highest BCUT2D eigenvalue weighted by molar-refractivity contribution is 7.19. The third-order valence-corrected chi connectivity index (χ3v) is 7.33. The topological polar surface area (TPSA) is 32.3 Å². The van der Waals surface area contributed by atoms with Gasteiger partial charge in [-0.1, -0.05) is 30.7 Å². The molecule has 0 amide bonds. The van der Waals surface area contributed by atoms with Crippen LogP contribution in [-0.4, -0.2) is 36.1 Å². The predicted octanol–water partition coefficient (Wildman–Crippen LogP) is 4.80. The second-order valence-corrected chi connectivity index (χ2v) is 9.15. The van der Waals surface area contributed by atoms with E-state index in [9.17, 15) is 0 Å². The first kappa shape index (κ1) is 17.3. The number of fused-ring (bicyclic) bond motifs is 3. The van der Waals surface area contributed by atoms with E-state index in [0.717, 1.165) is 59.9 Å². The minimum atomic E-state index is 0.779. The Morgan fingerprint density at radius 3 is 2.67 bits per heavy atom. The Kier molecular flexibility index (Phi) is 4.44.